The number of methoxy groups -OCH3 is 3. The van der Waals surface area contributed by atoms with Gasteiger partial charge in [-0.05, 0) is 49.4 Å². The standard InChI is InChI=1S/C29H37N3O13/c1-40-17-11-16-15(23(42-3)19(17)33)6-7-29(12-43-26(16)39)24(36)20(34)21(35)27(45-29)44-22-13(5-4-8-32-28(30)31)9-14(25(37)38)10-18(22)41-2/h9-11,20-21,24,27,33-36H,4-8,12H2,1-3H3,(H,37,38)(H4,30,31,32). The van der Waals surface area contributed by atoms with Gasteiger partial charge in [0.05, 0.1) is 32.5 Å². The van der Waals surface area contributed by atoms with Crippen LogP contribution in [0.5, 0.6) is 28.7 Å². The van der Waals surface area contributed by atoms with Gasteiger partial charge in [0, 0.05) is 12.1 Å². The quantitative estimate of drug-likeness (QED) is 0.0764. The Hall–Kier alpha value is -4.51. The minimum atomic E-state index is -1.83. The number of esters is 1. The van der Waals surface area contributed by atoms with Gasteiger partial charge in [0.25, 0.3) is 0 Å². The molecule has 2 heterocycles. The number of nitrogens with zero attached hydrogens (tertiary/aromatic N) is 1. The zero-order valence-corrected chi connectivity index (χ0v) is 24.9. The molecular weight excluding hydrogens is 598 g/mol. The Balaban J connectivity index is 1.71. The van der Waals surface area contributed by atoms with E-state index < -0.39 is 48.7 Å². The van der Waals surface area contributed by atoms with Crippen molar-refractivity contribution < 1.29 is 63.5 Å². The first-order valence-electron chi connectivity index (χ1n) is 13.9. The number of fused-ring (bicyclic) bond motifs is 1. The third-order valence-corrected chi connectivity index (χ3v) is 7.79. The third kappa shape index (κ3) is 6.63. The number of carboxylic acid groups (broad SMARTS) is 1. The van der Waals surface area contributed by atoms with Gasteiger partial charge in [-0.1, -0.05) is 0 Å². The van der Waals surface area contributed by atoms with Crippen LogP contribution in [-0.2, 0) is 22.3 Å². The molecule has 2 aliphatic heterocycles. The fraction of sp³-hybridized carbons (Fsp3) is 0.483. The molecule has 0 aromatic heterocycles. The summed E-state index contributed by atoms with van der Waals surface area (Å²) < 4.78 is 33.6. The molecule has 1 fully saturated rings. The maximum Gasteiger partial charge on any atom is 0.338 e. The number of aliphatic hydroxyl groups excluding tert-OH is 3. The summed E-state index contributed by atoms with van der Waals surface area (Å²) in [4.78, 5) is 28.9. The van der Waals surface area contributed by atoms with Gasteiger partial charge in [0.2, 0.25) is 12.0 Å². The van der Waals surface area contributed by atoms with E-state index in [1.807, 2.05) is 0 Å². The van der Waals surface area contributed by atoms with Crippen molar-refractivity contribution in [2.75, 3.05) is 34.5 Å². The predicted octanol–water partition coefficient (Wildman–Crippen LogP) is -0.318. The van der Waals surface area contributed by atoms with Gasteiger partial charge in [0.1, 0.15) is 30.5 Å². The maximum absolute atomic E-state index is 13.2. The number of benzene rings is 2. The zero-order valence-electron chi connectivity index (χ0n) is 24.9. The molecule has 5 unspecified atom stereocenters. The van der Waals surface area contributed by atoms with Crippen LogP contribution in [0.3, 0.4) is 0 Å². The van der Waals surface area contributed by atoms with Crippen molar-refractivity contribution in [1.82, 2.24) is 0 Å². The normalized spacial score (nSPS) is 24.4. The second kappa shape index (κ2) is 13.6. The van der Waals surface area contributed by atoms with Crippen LogP contribution in [0.25, 0.3) is 0 Å². The molecule has 16 heteroatoms. The number of cyclic esters (lactones) is 1. The molecule has 9 N–H and O–H groups in total. The van der Waals surface area contributed by atoms with Crippen LogP contribution in [0.2, 0.25) is 0 Å². The van der Waals surface area contributed by atoms with Crippen LogP contribution in [0.1, 0.15) is 44.7 Å². The summed E-state index contributed by atoms with van der Waals surface area (Å²) in [5.41, 5.74) is 9.52. The summed E-state index contributed by atoms with van der Waals surface area (Å²) in [6, 6.07) is 3.88. The number of carboxylic acids is 1. The predicted molar refractivity (Wildman–Crippen MR) is 155 cm³/mol. The Morgan fingerprint density at radius 2 is 1.76 bits per heavy atom. The highest BCUT2D eigenvalue weighted by Gasteiger charge is 2.56. The summed E-state index contributed by atoms with van der Waals surface area (Å²) in [6.45, 7) is -0.336. The lowest BCUT2D eigenvalue weighted by Gasteiger charge is -2.48. The monoisotopic (exact) mass is 635 g/mol. The van der Waals surface area contributed by atoms with E-state index in [4.69, 9.17) is 39.9 Å². The zero-order chi connectivity index (χ0) is 33.1. The Morgan fingerprint density at radius 3 is 2.38 bits per heavy atom. The molecule has 0 aliphatic carbocycles. The number of guanidine groups is 1. The van der Waals surface area contributed by atoms with E-state index in [-0.39, 0.29) is 77.2 Å². The number of hydrogen-bond acceptors (Lipinski definition) is 13. The number of ether oxygens (including phenoxy) is 6. The first kappa shape index (κ1) is 33.4. The Bertz CT molecular complexity index is 1460. The molecule has 2 aromatic rings. The van der Waals surface area contributed by atoms with Gasteiger partial charge in [-0.15, -0.1) is 0 Å². The highest BCUT2D eigenvalue weighted by atomic mass is 16.7. The van der Waals surface area contributed by atoms with Crippen LogP contribution in [0.4, 0.5) is 0 Å². The fourth-order valence-corrected chi connectivity index (χ4v) is 5.44. The molecule has 0 radical (unpaired) electrons. The number of aromatic carboxylic acids is 1. The number of carbonyl (C=O) groups is 2. The largest absolute Gasteiger partial charge is 0.502 e. The van der Waals surface area contributed by atoms with Crippen molar-refractivity contribution >= 4 is 17.9 Å². The van der Waals surface area contributed by atoms with Crippen molar-refractivity contribution in [3.63, 3.8) is 0 Å². The van der Waals surface area contributed by atoms with Crippen LogP contribution >= 0.6 is 0 Å². The van der Waals surface area contributed by atoms with Gasteiger partial charge < -0.3 is 65.4 Å². The van der Waals surface area contributed by atoms with E-state index >= 15 is 0 Å². The number of nitrogens with two attached hydrogens (primary N) is 2. The SMILES string of the molecule is COc1cc2c(c(OC)c1O)CCC1(COC2=O)OC(Oc2c(CCCN=C(N)N)cc(C(=O)O)cc2OC)C(O)C(O)C1O. The van der Waals surface area contributed by atoms with Crippen LogP contribution in [0, 0.1) is 0 Å². The van der Waals surface area contributed by atoms with Crippen molar-refractivity contribution in [3.05, 3.63) is 40.5 Å². The summed E-state index contributed by atoms with van der Waals surface area (Å²) in [5.74, 6) is -2.62. The van der Waals surface area contributed by atoms with E-state index in [2.05, 4.69) is 4.99 Å². The van der Waals surface area contributed by atoms with Crippen molar-refractivity contribution in [2.45, 2.75) is 55.9 Å². The number of aliphatic hydroxyl groups is 3. The lowest BCUT2D eigenvalue weighted by molar-refractivity contribution is -0.320. The molecule has 1 saturated heterocycles. The second-order valence-electron chi connectivity index (χ2n) is 10.5. The smallest absolute Gasteiger partial charge is 0.338 e. The molecule has 246 valence electrons. The molecule has 2 aromatic carbocycles. The van der Waals surface area contributed by atoms with E-state index in [0.29, 0.717) is 12.0 Å². The molecule has 4 rings (SSSR count). The van der Waals surface area contributed by atoms with E-state index in [1.165, 1.54) is 39.5 Å². The number of aliphatic imine (C=N–C) groups is 1. The molecule has 1 spiro atoms. The molecule has 16 nitrogen and oxygen atoms in total. The highest BCUT2D eigenvalue weighted by Crippen LogP contribution is 2.45. The van der Waals surface area contributed by atoms with E-state index in [1.54, 1.807) is 0 Å². The van der Waals surface area contributed by atoms with Crippen molar-refractivity contribution in [1.29, 1.82) is 0 Å². The van der Waals surface area contributed by atoms with E-state index in [9.17, 15) is 35.1 Å². The number of carbonyl (C=O) groups excluding carboxylic acids is 1. The number of phenols is 1. The second-order valence-corrected chi connectivity index (χ2v) is 10.5. The summed E-state index contributed by atoms with van der Waals surface area (Å²) in [7, 11) is 3.89. The summed E-state index contributed by atoms with van der Waals surface area (Å²) in [5, 5.41) is 53.3. The molecule has 0 saturated carbocycles. The number of aromatic hydroxyl groups is 1. The average Bonchev–Trinajstić information content (AvgIpc) is 3.01. The molecular formula is C29H37N3O13. The molecule has 5 atom stereocenters. The van der Waals surface area contributed by atoms with Crippen LogP contribution in [-0.4, -0.2) is 108 Å². The lowest BCUT2D eigenvalue weighted by atomic mass is 9.81. The summed E-state index contributed by atoms with van der Waals surface area (Å²) in [6.07, 6.45) is -6.57. The maximum atomic E-state index is 13.2. The van der Waals surface area contributed by atoms with Gasteiger partial charge in [-0.25, -0.2) is 9.59 Å². The van der Waals surface area contributed by atoms with Crippen LogP contribution in [0.15, 0.2) is 23.2 Å². The third-order valence-electron chi connectivity index (χ3n) is 7.79. The van der Waals surface area contributed by atoms with Crippen molar-refractivity contribution in [3.8, 4) is 28.7 Å². The molecule has 0 amide bonds. The van der Waals surface area contributed by atoms with E-state index in [0.717, 1.165) is 0 Å². The average molecular weight is 636 g/mol. The first-order valence-corrected chi connectivity index (χ1v) is 13.9. The van der Waals surface area contributed by atoms with Gasteiger partial charge in [-0.3, -0.25) is 4.99 Å². The first-order chi connectivity index (χ1) is 21.4. The van der Waals surface area contributed by atoms with Crippen LogP contribution < -0.4 is 30.4 Å². The van der Waals surface area contributed by atoms with Crippen molar-refractivity contribution in [2.24, 2.45) is 16.5 Å². The van der Waals surface area contributed by atoms with Gasteiger partial charge in [0.15, 0.2) is 29.0 Å². The number of hydrogen-bond donors (Lipinski definition) is 7. The summed E-state index contributed by atoms with van der Waals surface area (Å²) >= 11 is 0. The number of rotatable bonds is 10. The number of phenolic OH excluding ortho intramolecular Hbond substituents is 1. The minimum absolute atomic E-state index is 0.00172. The Morgan fingerprint density at radius 1 is 1.04 bits per heavy atom. The topological polar surface area (TPSA) is 255 Å². The molecule has 2 aliphatic rings. The fourth-order valence-electron chi connectivity index (χ4n) is 5.44. The highest BCUT2D eigenvalue weighted by molar-refractivity contribution is 5.93. The lowest BCUT2D eigenvalue weighted by Crippen LogP contribution is -2.67. The van der Waals surface area contributed by atoms with Gasteiger partial charge >= 0.3 is 11.9 Å². The Kier molecular flexibility index (Phi) is 10.1. The Labute approximate surface area is 257 Å². The van der Waals surface area contributed by atoms with Gasteiger partial charge in [-0.2, -0.15) is 0 Å². The molecule has 0 bridgehead atoms. The molecule has 45 heavy (non-hydrogen) atoms. The number of aryl methyl sites for hydroxylation is 1. The minimum Gasteiger partial charge on any atom is -0.502 e.